The predicted octanol–water partition coefficient (Wildman–Crippen LogP) is 1.32. The summed E-state index contributed by atoms with van der Waals surface area (Å²) in [5.41, 5.74) is 0. The Morgan fingerprint density at radius 2 is 2.08 bits per heavy atom. The molecular formula is C9H21NO2. The van der Waals surface area contributed by atoms with Gasteiger partial charge in [0.2, 0.25) is 6.41 Å². The zero-order valence-electron chi connectivity index (χ0n) is 8.34. The number of rotatable bonds is 7. The highest BCUT2D eigenvalue weighted by Gasteiger charge is 2.07. The molecule has 3 nitrogen and oxygen atoms in total. The molecule has 0 bridgehead atoms. The summed E-state index contributed by atoms with van der Waals surface area (Å²) < 4.78 is 5.14. The molecule has 12 heavy (non-hydrogen) atoms. The Morgan fingerprint density at radius 3 is 2.50 bits per heavy atom. The van der Waals surface area contributed by atoms with Crippen molar-refractivity contribution in [1.82, 2.24) is 5.32 Å². The Kier molecular flexibility index (Phi) is 7.45. The number of aliphatic hydroxyl groups excluding tert-OH is 1. The second kappa shape index (κ2) is 7.53. The van der Waals surface area contributed by atoms with Crippen molar-refractivity contribution in [2.45, 2.75) is 39.5 Å². The maximum absolute atomic E-state index is 9.04. The first kappa shape index (κ1) is 11.9. The van der Waals surface area contributed by atoms with Crippen LogP contribution in [0.25, 0.3) is 0 Å². The van der Waals surface area contributed by atoms with Crippen molar-refractivity contribution in [3.63, 3.8) is 0 Å². The monoisotopic (exact) mass is 175 g/mol. The van der Waals surface area contributed by atoms with E-state index in [1.54, 1.807) is 7.05 Å². The zero-order valence-corrected chi connectivity index (χ0v) is 8.34. The Morgan fingerprint density at radius 1 is 1.42 bits per heavy atom. The van der Waals surface area contributed by atoms with Gasteiger partial charge in [-0.1, -0.05) is 26.7 Å². The molecule has 0 radical (unpaired) electrons. The van der Waals surface area contributed by atoms with Crippen LogP contribution in [0.4, 0.5) is 0 Å². The van der Waals surface area contributed by atoms with Crippen LogP contribution in [0.2, 0.25) is 0 Å². The molecule has 74 valence electrons. The highest BCUT2D eigenvalue weighted by atomic mass is 16.6. The van der Waals surface area contributed by atoms with E-state index in [1.807, 2.05) is 0 Å². The first-order valence-electron chi connectivity index (χ1n) is 4.71. The lowest BCUT2D eigenvalue weighted by Gasteiger charge is -2.16. The quantitative estimate of drug-likeness (QED) is 0.573. The molecular weight excluding hydrogens is 154 g/mol. The highest BCUT2D eigenvalue weighted by molar-refractivity contribution is 4.54. The van der Waals surface area contributed by atoms with Crippen molar-refractivity contribution in [3.05, 3.63) is 0 Å². The van der Waals surface area contributed by atoms with Crippen LogP contribution in [0.1, 0.15) is 33.1 Å². The van der Waals surface area contributed by atoms with E-state index in [2.05, 4.69) is 19.2 Å². The lowest BCUT2D eigenvalue weighted by atomic mass is 10.0. The van der Waals surface area contributed by atoms with Gasteiger partial charge < -0.3 is 9.84 Å². The van der Waals surface area contributed by atoms with Crippen molar-refractivity contribution in [3.8, 4) is 0 Å². The van der Waals surface area contributed by atoms with Gasteiger partial charge in [-0.25, -0.2) is 0 Å². The van der Waals surface area contributed by atoms with Gasteiger partial charge in [-0.2, -0.15) is 0 Å². The molecule has 2 unspecified atom stereocenters. The standard InChI is InChI=1S/C9H21NO2/c1-4-6-8(5-2)7-12-9(11)10-3/h8-11H,4-7H2,1-3H3. The average Bonchev–Trinajstić information content (AvgIpc) is 2.11. The fraction of sp³-hybridized carbons (Fsp3) is 1.00. The van der Waals surface area contributed by atoms with Gasteiger partial charge in [-0.3, -0.25) is 5.32 Å². The lowest BCUT2D eigenvalue weighted by molar-refractivity contribution is -0.126. The van der Waals surface area contributed by atoms with Crippen LogP contribution in [0.3, 0.4) is 0 Å². The van der Waals surface area contributed by atoms with E-state index in [0.29, 0.717) is 12.5 Å². The number of hydrogen-bond donors (Lipinski definition) is 2. The number of nitrogens with one attached hydrogen (secondary N) is 1. The third-order valence-electron chi connectivity index (χ3n) is 2.01. The lowest BCUT2D eigenvalue weighted by Crippen LogP contribution is -2.29. The largest absolute Gasteiger partial charge is 0.356 e. The zero-order chi connectivity index (χ0) is 9.40. The number of aliphatic hydroxyl groups is 1. The summed E-state index contributed by atoms with van der Waals surface area (Å²) in [5, 5.41) is 11.7. The van der Waals surface area contributed by atoms with Crippen LogP contribution in [0, 0.1) is 5.92 Å². The van der Waals surface area contributed by atoms with E-state index in [4.69, 9.17) is 9.84 Å². The minimum Gasteiger partial charge on any atom is -0.356 e. The van der Waals surface area contributed by atoms with E-state index < -0.39 is 6.41 Å². The Labute approximate surface area is 75.1 Å². The molecule has 0 aromatic heterocycles. The molecule has 0 spiro atoms. The predicted molar refractivity (Wildman–Crippen MR) is 49.7 cm³/mol. The van der Waals surface area contributed by atoms with Gasteiger partial charge in [0.25, 0.3) is 0 Å². The minimum atomic E-state index is -0.809. The summed E-state index contributed by atoms with van der Waals surface area (Å²) in [6.45, 7) is 4.96. The van der Waals surface area contributed by atoms with E-state index in [1.165, 1.54) is 12.8 Å². The van der Waals surface area contributed by atoms with Crippen molar-refractivity contribution >= 4 is 0 Å². The van der Waals surface area contributed by atoms with Crippen LogP contribution in [-0.2, 0) is 4.74 Å². The second-order valence-corrected chi connectivity index (χ2v) is 3.04. The normalized spacial score (nSPS) is 16.0. The van der Waals surface area contributed by atoms with Gasteiger partial charge in [0.15, 0.2) is 0 Å². The summed E-state index contributed by atoms with van der Waals surface area (Å²) >= 11 is 0. The first-order chi connectivity index (χ1) is 5.74. The maximum Gasteiger partial charge on any atom is 0.213 e. The SMILES string of the molecule is CCCC(CC)COC(O)NC. The maximum atomic E-state index is 9.04. The summed E-state index contributed by atoms with van der Waals surface area (Å²) in [6, 6.07) is 0. The van der Waals surface area contributed by atoms with Crippen LogP contribution in [0.5, 0.6) is 0 Å². The number of hydrogen-bond acceptors (Lipinski definition) is 3. The van der Waals surface area contributed by atoms with Crippen molar-refractivity contribution in [2.75, 3.05) is 13.7 Å². The second-order valence-electron chi connectivity index (χ2n) is 3.04. The Balaban J connectivity index is 3.43. The topological polar surface area (TPSA) is 41.5 Å². The molecule has 0 aromatic carbocycles. The summed E-state index contributed by atoms with van der Waals surface area (Å²) in [6.07, 6.45) is 2.66. The molecule has 0 amide bonds. The van der Waals surface area contributed by atoms with E-state index >= 15 is 0 Å². The van der Waals surface area contributed by atoms with Crippen molar-refractivity contribution in [2.24, 2.45) is 5.92 Å². The summed E-state index contributed by atoms with van der Waals surface area (Å²) in [4.78, 5) is 0. The van der Waals surface area contributed by atoms with Crippen molar-refractivity contribution in [1.29, 1.82) is 0 Å². The van der Waals surface area contributed by atoms with Gasteiger partial charge in [0.1, 0.15) is 0 Å². The van der Waals surface area contributed by atoms with Crippen LogP contribution in [-0.4, -0.2) is 25.2 Å². The molecule has 0 rings (SSSR count). The average molecular weight is 175 g/mol. The molecule has 0 aliphatic heterocycles. The molecule has 0 fully saturated rings. The molecule has 0 aliphatic carbocycles. The molecule has 2 N–H and O–H groups in total. The number of ether oxygens (including phenoxy) is 1. The van der Waals surface area contributed by atoms with Gasteiger partial charge in [-0.15, -0.1) is 0 Å². The van der Waals surface area contributed by atoms with Gasteiger partial charge >= 0.3 is 0 Å². The molecule has 0 heterocycles. The fourth-order valence-electron chi connectivity index (χ4n) is 1.12. The summed E-state index contributed by atoms with van der Waals surface area (Å²) in [5.74, 6) is 0.581. The Bertz CT molecular complexity index is 98.5. The van der Waals surface area contributed by atoms with Crippen LogP contribution < -0.4 is 5.32 Å². The smallest absolute Gasteiger partial charge is 0.213 e. The van der Waals surface area contributed by atoms with Crippen LogP contribution in [0.15, 0.2) is 0 Å². The molecule has 0 aliphatic rings. The molecule has 2 atom stereocenters. The van der Waals surface area contributed by atoms with Gasteiger partial charge in [-0.05, 0) is 19.4 Å². The van der Waals surface area contributed by atoms with E-state index in [0.717, 1.165) is 6.42 Å². The molecule has 0 saturated carbocycles. The third-order valence-corrected chi connectivity index (χ3v) is 2.01. The fourth-order valence-corrected chi connectivity index (χ4v) is 1.12. The van der Waals surface area contributed by atoms with E-state index in [9.17, 15) is 0 Å². The Hall–Kier alpha value is -0.120. The molecule has 3 heteroatoms. The first-order valence-corrected chi connectivity index (χ1v) is 4.71. The van der Waals surface area contributed by atoms with E-state index in [-0.39, 0.29) is 0 Å². The third kappa shape index (κ3) is 5.52. The van der Waals surface area contributed by atoms with Crippen LogP contribution >= 0.6 is 0 Å². The highest BCUT2D eigenvalue weighted by Crippen LogP contribution is 2.10. The molecule has 0 aromatic rings. The van der Waals surface area contributed by atoms with Crippen molar-refractivity contribution < 1.29 is 9.84 Å². The minimum absolute atomic E-state index is 0.581. The van der Waals surface area contributed by atoms with Gasteiger partial charge in [0, 0.05) is 0 Å². The van der Waals surface area contributed by atoms with Gasteiger partial charge in [0.05, 0.1) is 6.61 Å². The molecule has 0 saturated heterocycles. The summed E-state index contributed by atoms with van der Waals surface area (Å²) in [7, 11) is 1.67.